The maximum atomic E-state index is 13.2. The van der Waals surface area contributed by atoms with Gasteiger partial charge in [-0.1, -0.05) is 29.4 Å². The van der Waals surface area contributed by atoms with Gasteiger partial charge in [0.25, 0.3) is 0 Å². The minimum atomic E-state index is -4.35. The predicted octanol–water partition coefficient (Wildman–Crippen LogP) is 6.08. The topological polar surface area (TPSA) is 71.4 Å². The summed E-state index contributed by atoms with van der Waals surface area (Å²) >= 11 is 1.46. The number of ether oxygens (including phenoxy) is 1. The molecule has 0 unspecified atom stereocenters. The van der Waals surface area contributed by atoms with Crippen molar-refractivity contribution in [1.29, 1.82) is 0 Å². The number of benzene rings is 2. The Kier molecular flexibility index (Phi) is 9.15. The summed E-state index contributed by atoms with van der Waals surface area (Å²) in [4.78, 5) is 16.9. The minimum absolute atomic E-state index is 0.403. The molecule has 200 valence electrons. The largest absolute Gasteiger partial charge is 0.439 e. The highest BCUT2D eigenvalue weighted by molar-refractivity contribution is 7.99. The lowest BCUT2D eigenvalue weighted by molar-refractivity contribution is -0.137. The number of nitrogens with zero attached hydrogens (tertiary/aromatic N) is 2. The van der Waals surface area contributed by atoms with Crippen molar-refractivity contribution in [3.63, 3.8) is 0 Å². The van der Waals surface area contributed by atoms with Crippen LogP contribution in [0.2, 0.25) is 0 Å². The molecule has 1 N–H and O–H groups in total. The fourth-order valence-corrected chi connectivity index (χ4v) is 5.60. The first-order valence-corrected chi connectivity index (χ1v) is 13.4. The van der Waals surface area contributed by atoms with Crippen molar-refractivity contribution in [2.45, 2.75) is 50.6 Å². The lowest BCUT2D eigenvalue weighted by Gasteiger charge is -2.27. The Morgan fingerprint density at radius 2 is 1.86 bits per heavy atom. The Labute approximate surface area is 218 Å². The van der Waals surface area contributed by atoms with Crippen molar-refractivity contribution < 1.29 is 22.4 Å². The summed E-state index contributed by atoms with van der Waals surface area (Å²) < 4.78 is 49.8. The molecule has 0 radical (unpaired) electrons. The van der Waals surface area contributed by atoms with Crippen molar-refractivity contribution in [3.8, 4) is 11.4 Å². The van der Waals surface area contributed by atoms with Gasteiger partial charge in [0.2, 0.25) is 0 Å². The number of aryl methyl sites for hydroxylation is 2. The van der Waals surface area contributed by atoms with E-state index in [0.29, 0.717) is 22.5 Å². The van der Waals surface area contributed by atoms with E-state index in [1.165, 1.54) is 17.8 Å². The van der Waals surface area contributed by atoms with Crippen molar-refractivity contribution >= 4 is 11.8 Å². The van der Waals surface area contributed by atoms with Crippen LogP contribution in [-0.4, -0.2) is 47.2 Å². The molecule has 1 fully saturated rings. The molecule has 10 heteroatoms. The van der Waals surface area contributed by atoms with Crippen LogP contribution in [0.25, 0.3) is 11.4 Å². The molecule has 0 spiro atoms. The second-order valence-corrected chi connectivity index (χ2v) is 10.5. The van der Waals surface area contributed by atoms with Gasteiger partial charge in [0, 0.05) is 36.1 Å². The summed E-state index contributed by atoms with van der Waals surface area (Å²) in [6.45, 7) is 7.07. The van der Waals surface area contributed by atoms with Crippen LogP contribution in [-0.2, 0) is 17.3 Å². The molecule has 1 saturated heterocycles. The van der Waals surface area contributed by atoms with Gasteiger partial charge in [-0.25, -0.2) is 4.79 Å². The summed E-state index contributed by atoms with van der Waals surface area (Å²) in [6, 6.07) is 9.95. The van der Waals surface area contributed by atoms with Crippen LogP contribution in [0.5, 0.6) is 0 Å². The molecule has 0 aliphatic carbocycles. The van der Waals surface area contributed by atoms with Gasteiger partial charge in [0.1, 0.15) is 0 Å². The molecule has 0 bridgehead atoms. The minimum Gasteiger partial charge on any atom is -0.381 e. The molecule has 1 aromatic heterocycles. The average Bonchev–Trinajstić information content (AvgIpc) is 3.30. The van der Waals surface area contributed by atoms with Crippen LogP contribution in [0, 0.1) is 19.8 Å². The van der Waals surface area contributed by atoms with Gasteiger partial charge in [0.15, 0.2) is 5.82 Å². The van der Waals surface area contributed by atoms with Crippen molar-refractivity contribution in [3.05, 3.63) is 69.2 Å². The summed E-state index contributed by atoms with van der Waals surface area (Å²) in [7, 11) is 0. The van der Waals surface area contributed by atoms with Crippen LogP contribution < -0.4 is 5.76 Å². The normalized spacial score (nSPS) is 15.0. The third-order valence-electron chi connectivity index (χ3n) is 6.82. The van der Waals surface area contributed by atoms with Crippen molar-refractivity contribution in [1.82, 2.24) is 15.0 Å². The fraction of sp³-hybridized carbons (Fsp3) is 0.481. The molecule has 2 heterocycles. The quantitative estimate of drug-likeness (QED) is 0.251. The molecule has 6 nitrogen and oxygen atoms in total. The number of hydrogen-bond acceptors (Lipinski definition) is 6. The SMILES string of the molecule is Cc1ccc(C(F)(F)F)cc1SCN(CCc1ccc(-c2noc(=O)[nH]2)c(C)c1)CCC1CCOCC1. The highest BCUT2D eigenvalue weighted by Crippen LogP contribution is 2.34. The number of nitrogens with one attached hydrogen (secondary N) is 1. The van der Waals surface area contributed by atoms with E-state index in [-0.39, 0.29) is 0 Å². The molecule has 0 amide bonds. The first-order chi connectivity index (χ1) is 17.7. The van der Waals surface area contributed by atoms with Gasteiger partial charge in [-0.05, 0) is 80.8 Å². The zero-order chi connectivity index (χ0) is 26.4. The maximum absolute atomic E-state index is 13.2. The molecule has 1 aliphatic rings. The van der Waals surface area contributed by atoms with Gasteiger partial charge in [-0.2, -0.15) is 13.2 Å². The first kappa shape index (κ1) is 27.5. The highest BCUT2D eigenvalue weighted by Gasteiger charge is 2.30. The number of thioether (sulfide) groups is 1. The lowest BCUT2D eigenvalue weighted by Crippen LogP contribution is -2.29. The van der Waals surface area contributed by atoms with E-state index in [0.717, 1.165) is 80.3 Å². The van der Waals surface area contributed by atoms with E-state index in [1.807, 2.05) is 26.0 Å². The van der Waals surface area contributed by atoms with E-state index in [1.54, 1.807) is 6.07 Å². The number of H-pyrrole nitrogens is 1. The van der Waals surface area contributed by atoms with Crippen LogP contribution in [0.3, 0.4) is 0 Å². The number of hydrogen-bond donors (Lipinski definition) is 1. The van der Waals surface area contributed by atoms with E-state index in [4.69, 9.17) is 4.74 Å². The molecular weight excluding hydrogens is 503 g/mol. The second kappa shape index (κ2) is 12.3. The Morgan fingerprint density at radius 1 is 1.08 bits per heavy atom. The molecule has 0 atom stereocenters. The van der Waals surface area contributed by atoms with Gasteiger partial charge >= 0.3 is 11.9 Å². The Morgan fingerprint density at radius 3 is 2.54 bits per heavy atom. The standard InChI is InChI=1S/C27H32F3N3O3S/c1-18-3-5-22(27(28,29)30)16-24(18)37-17-33(11-7-20-9-13-35-14-10-20)12-8-21-4-6-23(19(2)15-21)25-31-26(34)36-32-25/h3-6,15-16,20H,7-14,17H2,1-2H3,(H,31,32,34). The summed E-state index contributed by atoms with van der Waals surface area (Å²) in [5.41, 5.74) is 3.16. The average molecular weight is 536 g/mol. The van der Waals surface area contributed by atoms with E-state index in [2.05, 4.69) is 25.6 Å². The number of halogens is 3. The van der Waals surface area contributed by atoms with E-state index in [9.17, 15) is 18.0 Å². The van der Waals surface area contributed by atoms with Gasteiger partial charge < -0.3 is 4.74 Å². The van der Waals surface area contributed by atoms with Crippen LogP contribution >= 0.6 is 11.8 Å². The van der Waals surface area contributed by atoms with Gasteiger partial charge in [0.05, 0.1) is 5.56 Å². The zero-order valence-electron chi connectivity index (χ0n) is 21.1. The molecule has 2 aromatic carbocycles. The van der Waals surface area contributed by atoms with E-state index < -0.39 is 17.5 Å². The van der Waals surface area contributed by atoms with Crippen molar-refractivity contribution in [2.75, 3.05) is 32.2 Å². The predicted molar refractivity (Wildman–Crippen MR) is 138 cm³/mol. The second-order valence-electron chi connectivity index (χ2n) is 9.56. The van der Waals surface area contributed by atoms with E-state index >= 15 is 0 Å². The number of aromatic amines is 1. The monoisotopic (exact) mass is 535 g/mol. The smallest absolute Gasteiger partial charge is 0.381 e. The zero-order valence-corrected chi connectivity index (χ0v) is 21.9. The maximum Gasteiger partial charge on any atom is 0.439 e. The number of rotatable bonds is 10. The summed E-state index contributed by atoms with van der Waals surface area (Å²) in [6.07, 6.45) is -0.402. The molecule has 3 aromatic rings. The van der Waals surface area contributed by atoms with Crippen LogP contribution in [0.1, 0.15) is 41.5 Å². The third-order valence-corrected chi connectivity index (χ3v) is 8.06. The Balaban J connectivity index is 1.42. The Bertz CT molecular complexity index is 1240. The summed E-state index contributed by atoms with van der Waals surface area (Å²) in [5, 5.41) is 3.77. The van der Waals surface area contributed by atoms with Gasteiger partial charge in [-0.15, -0.1) is 11.8 Å². The molecular formula is C27H32F3N3O3S. The van der Waals surface area contributed by atoms with Crippen LogP contribution in [0.15, 0.2) is 50.6 Å². The van der Waals surface area contributed by atoms with Crippen LogP contribution in [0.4, 0.5) is 13.2 Å². The summed E-state index contributed by atoms with van der Waals surface area (Å²) in [5.74, 6) is 1.04. The first-order valence-electron chi connectivity index (χ1n) is 12.5. The molecule has 37 heavy (non-hydrogen) atoms. The third kappa shape index (κ3) is 7.72. The van der Waals surface area contributed by atoms with Gasteiger partial charge in [-0.3, -0.25) is 14.4 Å². The number of aromatic nitrogens is 2. The molecule has 0 saturated carbocycles. The fourth-order valence-electron chi connectivity index (χ4n) is 4.51. The highest BCUT2D eigenvalue weighted by atomic mass is 32.2. The molecule has 4 rings (SSSR count). The molecule has 1 aliphatic heterocycles. The van der Waals surface area contributed by atoms with Crippen molar-refractivity contribution in [2.24, 2.45) is 5.92 Å². The number of alkyl halides is 3. The Hall–Kier alpha value is -2.56. The lowest BCUT2D eigenvalue weighted by atomic mass is 9.96.